The van der Waals surface area contributed by atoms with Crippen molar-refractivity contribution < 1.29 is 59.4 Å². The Hall–Kier alpha value is -0.480. The third-order valence-corrected chi connectivity index (χ3v) is 4.99. The fourth-order valence-electron chi connectivity index (χ4n) is 3.24. The summed E-state index contributed by atoms with van der Waals surface area (Å²) < 4.78 is 27.7. The maximum absolute atomic E-state index is 10.2. The number of ether oxygens (including phenoxy) is 5. The maximum Gasteiger partial charge on any atom is 0.190 e. The lowest BCUT2D eigenvalue weighted by atomic mass is 10.1. The molecule has 0 saturated carbocycles. The molecule has 0 aliphatic carbocycles. The van der Waals surface area contributed by atoms with Crippen LogP contribution in [0.2, 0.25) is 0 Å². The molecule has 2 aliphatic heterocycles. The monoisotopic (exact) mass is 442 g/mol. The summed E-state index contributed by atoms with van der Waals surface area (Å²) in [5, 5.41) is 68.3. The lowest BCUT2D eigenvalue weighted by Gasteiger charge is -2.34. The Balaban J connectivity index is 2.19. The molecule has 7 N–H and O–H groups in total. The van der Waals surface area contributed by atoms with Crippen LogP contribution in [-0.2, 0) is 23.7 Å². The molecule has 2 fully saturated rings. The topological polar surface area (TPSA) is 188 Å². The molecule has 10 atom stereocenters. The van der Waals surface area contributed by atoms with Crippen LogP contribution < -0.4 is 0 Å². The molecule has 10 unspecified atom stereocenters. The number of aliphatic hydroxyl groups excluding tert-OH is 7. The number of aliphatic hydroxyl groups is 7. The van der Waals surface area contributed by atoms with Crippen molar-refractivity contribution >= 4 is 0 Å². The fourth-order valence-corrected chi connectivity index (χ4v) is 3.24. The van der Waals surface area contributed by atoms with Gasteiger partial charge in [-0.3, -0.25) is 0 Å². The molecule has 2 saturated heterocycles. The first-order valence-electron chi connectivity index (χ1n) is 9.96. The summed E-state index contributed by atoms with van der Waals surface area (Å²) in [7, 11) is 0. The van der Waals surface area contributed by atoms with Gasteiger partial charge in [-0.15, -0.1) is 0 Å². The highest BCUT2D eigenvalue weighted by atomic mass is 16.8. The molecule has 0 aromatic heterocycles. The Labute approximate surface area is 174 Å². The summed E-state index contributed by atoms with van der Waals surface area (Å²) in [5.41, 5.74) is 0. The van der Waals surface area contributed by atoms with Gasteiger partial charge in [-0.2, -0.15) is 0 Å². The molecule has 0 aromatic rings. The minimum absolute atomic E-state index is 0.0714. The van der Waals surface area contributed by atoms with Gasteiger partial charge in [0.1, 0.15) is 42.7 Å². The van der Waals surface area contributed by atoms with E-state index in [1.54, 1.807) is 13.8 Å². The zero-order chi connectivity index (χ0) is 22.6. The molecular weight excluding hydrogens is 408 g/mol. The van der Waals surface area contributed by atoms with E-state index in [0.717, 1.165) is 0 Å². The van der Waals surface area contributed by atoms with E-state index < -0.39 is 80.9 Å². The van der Waals surface area contributed by atoms with E-state index in [1.165, 1.54) is 6.92 Å². The molecule has 2 heterocycles. The van der Waals surface area contributed by atoms with Gasteiger partial charge in [-0.25, -0.2) is 0 Å². The van der Waals surface area contributed by atoms with Gasteiger partial charge in [0.2, 0.25) is 0 Å². The highest BCUT2D eigenvalue weighted by molar-refractivity contribution is 4.89. The van der Waals surface area contributed by atoms with Crippen molar-refractivity contribution in [2.24, 2.45) is 5.92 Å². The standard InChI is InChI=1S/C18H34O12/c1-7(2)15(26-6-8(3)21)18(29-16-13(24)11(22)9(4-19)27-16)30-17-14(25)12(23)10(5-20)28-17/h7-25H,4-6H2,1-3H3. The lowest BCUT2D eigenvalue weighted by Crippen LogP contribution is -2.47. The molecule has 0 bridgehead atoms. The largest absolute Gasteiger partial charge is 0.394 e. The van der Waals surface area contributed by atoms with Gasteiger partial charge < -0.3 is 59.4 Å². The highest BCUT2D eigenvalue weighted by Crippen LogP contribution is 2.30. The Morgan fingerprint density at radius 1 is 0.767 bits per heavy atom. The third-order valence-electron chi connectivity index (χ3n) is 4.99. The van der Waals surface area contributed by atoms with Gasteiger partial charge in [0.15, 0.2) is 18.9 Å². The Bertz CT molecular complexity index is 474. The predicted molar refractivity (Wildman–Crippen MR) is 97.7 cm³/mol. The molecular formula is C18H34O12. The van der Waals surface area contributed by atoms with Gasteiger partial charge in [-0.05, 0) is 12.8 Å². The first-order chi connectivity index (χ1) is 14.1. The van der Waals surface area contributed by atoms with Crippen molar-refractivity contribution in [3.63, 3.8) is 0 Å². The lowest BCUT2D eigenvalue weighted by molar-refractivity contribution is -0.337. The van der Waals surface area contributed by atoms with E-state index in [0.29, 0.717) is 0 Å². The van der Waals surface area contributed by atoms with E-state index >= 15 is 0 Å². The van der Waals surface area contributed by atoms with E-state index in [1.807, 2.05) is 0 Å². The van der Waals surface area contributed by atoms with E-state index in [4.69, 9.17) is 23.7 Å². The molecule has 30 heavy (non-hydrogen) atoms. The molecule has 0 radical (unpaired) electrons. The highest BCUT2D eigenvalue weighted by Gasteiger charge is 2.49. The first kappa shape index (κ1) is 25.8. The van der Waals surface area contributed by atoms with Crippen molar-refractivity contribution in [2.45, 2.75) is 88.5 Å². The molecule has 178 valence electrons. The second-order valence-electron chi connectivity index (χ2n) is 7.94. The van der Waals surface area contributed by atoms with Crippen molar-refractivity contribution in [3.05, 3.63) is 0 Å². The average molecular weight is 442 g/mol. The summed E-state index contributed by atoms with van der Waals surface area (Å²) in [4.78, 5) is 0. The third kappa shape index (κ3) is 6.06. The number of hydrogen-bond acceptors (Lipinski definition) is 12. The summed E-state index contributed by atoms with van der Waals surface area (Å²) >= 11 is 0. The average Bonchev–Trinajstić information content (AvgIpc) is 3.12. The maximum atomic E-state index is 10.2. The SMILES string of the molecule is CC(O)COC(C(C)C)C(OC1OC(CO)C(O)C1O)OC1OC(CO)C(O)C1O. The van der Waals surface area contributed by atoms with Gasteiger partial charge in [0.25, 0.3) is 0 Å². The van der Waals surface area contributed by atoms with Gasteiger partial charge >= 0.3 is 0 Å². The number of hydrogen-bond donors (Lipinski definition) is 7. The van der Waals surface area contributed by atoms with Crippen molar-refractivity contribution in [1.29, 1.82) is 0 Å². The van der Waals surface area contributed by atoms with Crippen molar-refractivity contribution in [2.75, 3.05) is 19.8 Å². The second-order valence-corrected chi connectivity index (χ2v) is 7.94. The van der Waals surface area contributed by atoms with Gasteiger partial charge in [0.05, 0.1) is 25.9 Å². The zero-order valence-corrected chi connectivity index (χ0v) is 17.2. The van der Waals surface area contributed by atoms with E-state index in [-0.39, 0.29) is 12.5 Å². The zero-order valence-electron chi connectivity index (χ0n) is 17.2. The predicted octanol–water partition coefficient (Wildman–Crippen LogP) is -3.35. The number of rotatable bonds is 11. The Morgan fingerprint density at radius 3 is 1.50 bits per heavy atom. The molecule has 2 rings (SSSR count). The Morgan fingerprint density at radius 2 is 1.20 bits per heavy atom. The van der Waals surface area contributed by atoms with Crippen LogP contribution in [0.1, 0.15) is 20.8 Å². The Kier molecular flexibility index (Phi) is 9.80. The quantitative estimate of drug-likeness (QED) is 0.158. The summed E-state index contributed by atoms with van der Waals surface area (Å²) in [6, 6.07) is 0. The van der Waals surface area contributed by atoms with Crippen LogP contribution in [0.3, 0.4) is 0 Å². The van der Waals surface area contributed by atoms with Crippen LogP contribution >= 0.6 is 0 Å². The van der Waals surface area contributed by atoms with Crippen molar-refractivity contribution in [1.82, 2.24) is 0 Å². The van der Waals surface area contributed by atoms with Crippen molar-refractivity contribution in [3.8, 4) is 0 Å². The van der Waals surface area contributed by atoms with Crippen LogP contribution in [0.25, 0.3) is 0 Å². The normalized spacial score (nSPS) is 40.1. The molecule has 12 heteroatoms. The fraction of sp³-hybridized carbons (Fsp3) is 1.00. The van der Waals surface area contributed by atoms with Gasteiger partial charge in [-0.1, -0.05) is 13.8 Å². The summed E-state index contributed by atoms with van der Waals surface area (Å²) in [5.74, 6) is -0.247. The van der Waals surface area contributed by atoms with Gasteiger partial charge in [0, 0.05) is 0 Å². The van der Waals surface area contributed by atoms with Crippen LogP contribution in [0.15, 0.2) is 0 Å². The molecule has 12 nitrogen and oxygen atoms in total. The summed E-state index contributed by atoms with van der Waals surface area (Å²) in [6.07, 6.45) is -13.7. The van der Waals surface area contributed by atoms with Crippen LogP contribution in [0, 0.1) is 5.92 Å². The molecule has 0 amide bonds. The smallest absolute Gasteiger partial charge is 0.190 e. The van der Waals surface area contributed by atoms with E-state index in [2.05, 4.69) is 0 Å². The van der Waals surface area contributed by atoms with Crippen LogP contribution in [0.5, 0.6) is 0 Å². The summed E-state index contributed by atoms with van der Waals surface area (Å²) in [6.45, 7) is 3.90. The molecule has 0 aromatic carbocycles. The minimum atomic E-state index is -1.50. The first-order valence-corrected chi connectivity index (χ1v) is 9.96. The molecule has 0 spiro atoms. The molecule has 2 aliphatic rings. The van der Waals surface area contributed by atoms with Crippen LogP contribution in [-0.4, -0.2) is 123 Å². The van der Waals surface area contributed by atoms with E-state index in [9.17, 15) is 35.7 Å². The minimum Gasteiger partial charge on any atom is -0.394 e. The second kappa shape index (κ2) is 11.4. The van der Waals surface area contributed by atoms with Crippen LogP contribution in [0.4, 0.5) is 0 Å².